The molecular weight excluding hydrogens is 254 g/mol. The second kappa shape index (κ2) is 5.60. The second-order valence-electron chi connectivity index (χ2n) is 6.95. The molecule has 0 amide bonds. The van der Waals surface area contributed by atoms with Crippen LogP contribution in [0.2, 0.25) is 0 Å². The fourth-order valence-electron chi connectivity index (χ4n) is 1.75. The monoisotopic (exact) mass is 282 g/mol. The molecule has 0 aliphatic heterocycles. The van der Waals surface area contributed by atoms with Gasteiger partial charge in [-0.2, -0.15) is 0 Å². The molecule has 102 valence electrons. The first-order valence-corrected chi connectivity index (χ1v) is 10.2. The Labute approximate surface area is 116 Å². The van der Waals surface area contributed by atoms with Crippen LogP contribution in [0.4, 0.5) is 0 Å². The third kappa shape index (κ3) is 3.79. The highest BCUT2D eigenvalue weighted by molar-refractivity contribution is 7.72. The average molecular weight is 282 g/mol. The maximum Gasteiger partial charge on any atom is -0.0141 e. The Morgan fingerprint density at radius 3 is 1.17 bits per heavy atom. The first-order chi connectivity index (χ1) is 8.05. The molecule has 0 aliphatic carbocycles. The molecule has 2 heteroatoms. The Morgan fingerprint density at radius 1 is 0.667 bits per heavy atom. The maximum atomic E-state index is 2.43. The molecule has 0 unspecified atom stereocenters. The van der Waals surface area contributed by atoms with E-state index in [1.165, 1.54) is 0 Å². The van der Waals surface area contributed by atoms with Crippen molar-refractivity contribution < 1.29 is 0 Å². The summed E-state index contributed by atoms with van der Waals surface area (Å²) in [6, 6.07) is 9.12. The van der Waals surface area contributed by atoms with E-state index in [0.29, 0.717) is 10.3 Å². The highest BCUT2D eigenvalue weighted by atomic mass is 31.1. The second-order valence-corrected chi connectivity index (χ2v) is 12.8. The lowest BCUT2D eigenvalue weighted by Gasteiger charge is -2.35. The standard InChI is InChI=1S/C16H28P2/c1-15(2,3)17(7)13-11-9-10-12-14(13)18(8)16(4,5)6/h9-12H,1-8H3/t17-,18+. The van der Waals surface area contributed by atoms with Gasteiger partial charge in [-0.05, 0) is 34.3 Å². The first kappa shape index (κ1) is 16.1. The predicted molar refractivity (Wildman–Crippen MR) is 90.9 cm³/mol. The summed E-state index contributed by atoms with van der Waals surface area (Å²) in [4.78, 5) is 0. The zero-order chi connectivity index (χ0) is 14.1. The first-order valence-electron chi connectivity index (χ1n) is 6.62. The van der Waals surface area contributed by atoms with Crippen molar-refractivity contribution in [2.24, 2.45) is 0 Å². The van der Waals surface area contributed by atoms with Crippen molar-refractivity contribution in [1.29, 1.82) is 0 Å². The summed E-state index contributed by atoms with van der Waals surface area (Å²) in [6.45, 7) is 19.1. The minimum absolute atomic E-state index is 0.101. The van der Waals surface area contributed by atoms with Crippen LogP contribution in [0.5, 0.6) is 0 Å². The fraction of sp³-hybridized carbons (Fsp3) is 0.625. The molecule has 0 N–H and O–H groups in total. The number of rotatable bonds is 2. The van der Waals surface area contributed by atoms with Crippen LogP contribution in [-0.2, 0) is 0 Å². The minimum Gasteiger partial charge on any atom is -0.0723 e. The van der Waals surface area contributed by atoms with Gasteiger partial charge in [-0.3, -0.25) is 0 Å². The Morgan fingerprint density at radius 2 is 0.944 bits per heavy atom. The van der Waals surface area contributed by atoms with Gasteiger partial charge in [0.25, 0.3) is 0 Å². The van der Waals surface area contributed by atoms with Crippen LogP contribution in [0.1, 0.15) is 41.5 Å². The molecular formula is C16H28P2. The quantitative estimate of drug-likeness (QED) is 0.686. The highest BCUT2D eigenvalue weighted by Gasteiger charge is 2.28. The summed E-state index contributed by atoms with van der Waals surface area (Å²) >= 11 is 0. The van der Waals surface area contributed by atoms with E-state index < -0.39 is 0 Å². The van der Waals surface area contributed by atoms with E-state index in [4.69, 9.17) is 0 Å². The van der Waals surface area contributed by atoms with Crippen molar-refractivity contribution in [3.8, 4) is 0 Å². The van der Waals surface area contributed by atoms with E-state index >= 15 is 0 Å². The largest absolute Gasteiger partial charge is 0.0723 e. The maximum absolute atomic E-state index is 2.43. The van der Waals surface area contributed by atoms with Gasteiger partial charge >= 0.3 is 0 Å². The number of hydrogen-bond donors (Lipinski definition) is 0. The van der Waals surface area contributed by atoms with Gasteiger partial charge in [0.2, 0.25) is 0 Å². The van der Waals surface area contributed by atoms with Crippen LogP contribution < -0.4 is 10.6 Å². The van der Waals surface area contributed by atoms with Gasteiger partial charge < -0.3 is 0 Å². The van der Waals surface area contributed by atoms with Crippen LogP contribution in [0.15, 0.2) is 24.3 Å². The Hall–Kier alpha value is 0.0800. The molecule has 0 aliphatic rings. The van der Waals surface area contributed by atoms with Crippen LogP contribution in [0, 0.1) is 0 Å². The van der Waals surface area contributed by atoms with Gasteiger partial charge in [-0.15, -0.1) is 0 Å². The molecule has 0 bridgehead atoms. The van der Waals surface area contributed by atoms with Gasteiger partial charge in [-0.25, -0.2) is 0 Å². The summed E-state index contributed by atoms with van der Waals surface area (Å²) in [5.41, 5.74) is 0. The highest BCUT2D eigenvalue weighted by Crippen LogP contribution is 2.49. The van der Waals surface area contributed by atoms with Crippen LogP contribution >= 0.6 is 15.8 Å². The topological polar surface area (TPSA) is 0 Å². The molecule has 0 aromatic heterocycles. The summed E-state index contributed by atoms with van der Waals surface area (Å²) < 4.78 is 0. The molecule has 0 radical (unpaired) electrons. The van der Waals surface area contributed by atoms with E-state index in [2.05, 4.69) is 79.1 Å². The molecule has 0 fully saturated rings. The van der Waals surface area contributed by atoms with Gasteiger partial charge in [0, 0.05) is 0 Å². The molecule has 0 spiro atoms. The third-order valence-electron chi connectivity index (χ3n) is 3.62. The van der Waals surface area contributed by atoms with Crippen LogP contribution in [0.3, 0.4) is 0 Å². The van der Waals surface area contributed by atoms with Crippen molar-refractivity contribution in [3.05, 3.63) is 24.3 Å². The molecule has 0 heterocycles. The van der Waals surface area contributed by atoms with Crippen molar-refractivity contribution in [2.75, 3.05) is 13.3 Å². The Balaban J connectivity index is 3.23. The molecule has 0 nitrogen and oxygen atoms in total. The van der Waals surface area contributed by atoms with Crippen molar-refractivity contribution >= 4 is 26.5 Å². The predicted octanol–water partition coefficient (Wildman–Crippen LogP) is 4.76. The molecule has 1 aromatic carbocycles. The lowest BCUT2D eigenvalue weighted by Crippen LogP contribution is -2.31. The van der Waals surface area contributed by atoms with E-state index in [1.807, 2.05) is 0 Å². The molecule has 1 aromatic rings. The normalized spacial score (nSPS) is 16.4. The summed E-state index contributed by atoms with van der Waals surface area (Å²) in [5.74, 6) is 0. The van der Waals surface area contributed by atoms with Crippen LogP contribution in [0.25, 0.3) is 0 Å². The van der Waals surface area contributed by atoms with E-state index in [0.717, 1.165) is 0 Å². The fourth-order valence-corrected chi connectivity index (χ4v) is 5.56. The van der Waals surface area contributed by atoms with Gasteiger partial charge in [0.15, 0.2) is 0 Å². The number of benzene rings is 1. The smallest absolute Gasteiger partial charge is 0.0141 e. The van der Waals surface area contributed by atoms with Crippen LogP contribution in [-0.4, -0.2) is 23.6 Å². The Kier molecular flexibility index (Phi) is 5.02. The Bertz CT molecular complexity index is 357. The van der Waals surface area contributed by atoms with Crippen molar-refractivity contribution in [2.45, 2.75) is 51.9 Å². The molecule has 2 atom stereocenters. The van der Waals surface area contributed by atoms with E-state index in [-0.39, 0.29) is 15.8 Å². The minimum atomic E-state index is -0.101. The van der Waals surface area contributed by atoms with Gasteiger partial charge in [0.1, 0.15) is 0 Å². The average Bonchev–Trinajstić information content (AvgIpc) is 2.24. The molecule has 0 saturated carbocycles. The lowest BCUT2D eigenvalue weighted by atomic mass is 10.3. The van der Waals surface area contributed by atoms with E-state index in [1.54, 1.807) is 10.6 Å². The SMILES string of the molecule is C[P@](c1ccccc1[P@](C)C(C)(C)C)C(C)(C)C. The van der Waals surface area contributed by atoms with Crippen molar-refractivity contribution in [3.63, 3.8) is 0 Å². The molecule has 0 saturated heterocycles. The zero-order valence-corrected chi connectivity index (χ0v) is 15.0. The van der Waals surface area contributed by atoms with Gasteiger partial charge in [0.05, 0.1) is 0 Å². The summed E-state index contributed by atoms with van der Waals surface area (Å²) in [7, 11) is -0.202. The van der Waals surface area contributed by atoms with Gasteiger partial charge in [-0.1, -0.05) is 81.7 Å². The van der Waals surface area contributed by atoms with E-state index in [9.17, 15) is 0 Å². The summed E-state index contributed by atoms with van der Waals surface area (Å²) in [6.07, 6.45) is 0. The zero-order valence-electron chi connectivity index (χ0n) is 13.2. The molecule has 18 heavy (non-hydrogen) atoms. The number of hydrogen-bond acceptors (Lipinski definition) is 0. The molecule has 1 rings (SSSR count). The third-order valence-corrected chi connectivity index (χ3v) is 10.0. The lowest BCUT2D eigenvalue weighted by molar-refractivity contribution is 0.789. The summed E-state index contributed by atoms with van der Waals surface area (Å²) in [5, 5.41) is 4.01. The van der Waals surface area contributed by atoms with Crippen molar-refractivity contribution in [1.82, 2.24) is 0 Å².